The predicted molar refractivity (Wildman–Crippen MR) is 134 cm³/mol. The minimum absolute atomic E-state index is 0.359. The lowest BCUT2D eigenvalue weighted by atomic mass is 10.0. The molecule has 5 aromatic rings. The lowest BCUT2D eigenvalue weighted by Crippen LogP contribution is -2.04. The highest BCUT2D eigenvalue weighted by molar-refractivity contribution is 6.04. The number of aryl methyl sites for hydroxylation is 1. The Labute approximate surface area is 192 Å². The number of anilines is 1. The first-order valence-electron chi connectivity index (χ1n) is 11.4. The first-order valence-corrected chi connectivity index (χ1v) is 11.4. The van der Waals surface area contributed by atoms with E-state index >= 15 is 0 Å². The van der Waals surface area contributed by atoms with Gasteiger partial charge in [-0.05, 0) is 36.2 Å². The molecule has 0 unspecified atom stereocenters. The van der Waals surface area contributed by atoms with E-state index in [4.69, 9.17) is 9.72 Å². The van der Waals surface area contributed by atoms with Crippen LogP contribution in [0.15, 0.2) is 65.8 Å². The number of hydrogen-bond donors (Lipinski definition) is 1. The van der Waals surface area contributed by atoms with Crippen LogP contribution in [0.25, 0.3) is 32.8 Å². The maximum atomic E-state index is 5.83. The number of hydrogen-bond acceptors (Lipinski definition) is 6. The van der Waals surface area contributed by atoms with Gasteiger partial charge < -0.3 is 9.30 Å². The van der Waals surface area contributed by atoms with Gasteiger partial charge in [-0.25, -0.2) is 5.43 Å². The van der Waals surface area contributed by atoms with Gasteiger partial charge in [0.1, 0.15) is 11.3 Å². The van der Waals surface area contributed by atoms with E-state index in [0.717, 1.165) is 63.5 Å². The summed E-state index contributed by atoms with van der Waals surface area (Å²) in [7, 11) is 0. The molecule has 0 fully saturated rings. The van der Waals surface area contributed by atoms with Crippen LogP contribution in [0.3, 0.4) is 0 Å². The molecule has 0 aliphatic rings. The van der Waals surface area contributed by atoms with Crippen molar-refractivity contribution < 1.29 is 4.74 Å². The zero-order valence-corrected chi connectivity index (χ0v) is 18.8. The van der Waals surface area contributed by atoms with Crippen LogP contribution in [-0.2, 0) is 6.54 Å². The molecule has 0 saturated carbocycles. The van der Waals surface area contributed by atoms with Crippen LogP contribution in [-0.4, -0.2) is 32.6 Å². The molecule has 3 aromatic carbocycles. The maximum absolute atomic E-state index is 5.83. The van der Waals surface area contributed by atoms with Gasteiger partial charge in [-0.1, -0.05) is 61.9 Å². The molecule has 0 aliphatic carbocycles. The first kappa shape index (κ1) is 20.9. The number of ether oxygens (including phenoxy) is 1. The maximum Gasteiger partial charge on any atom is 0.265 e. The van der Waals surface area contributed by atoms with Crippen molar-refractivity contribution in [1.82, 2.24) is 19.7 Å². The van der Waals surface area contributed by atoms with Crippen molar-refractivity contribution in [1.29, 1.82) is 0 Å². The van der Waals surface area contributed by atoms with Crippen LogP contribution in [0.4, 0.5) is 5.95 Å². The molecular formula is C26H26N6O. The molecule has 0 bridgehead atoms. The van der Waals surface area contributed by atoms with E-state index in [9.17, 15) is 0 Å². The van der Waals surface area contributed by atoms with E-state index in [1.165, 1.54) is 0 Å². The Balaban J connectivity index is 1.50. The third-order valence-corrected chi connectivity index (χ3v) is 5.70. The van der Waals surface area contributed by atoms with Crippen LogP contribution in [0.2, 0.25) is 0 Å². The Hall–Kier alpha value is -4.00. The number of nitrogens with one attached hydrogen (secondary N) is 1. The molecule has 7 heteroatoms. The summed E-state index contributed by atoms with van der Waals surface area (Å²) in [5.41, 5.74) is 6.63. The van der Waals surface area contributed by atoms with E-state index in [0.29, 0.717) is 12.6 Å². The molecule has 5 rings (SSSR count). The van der Waals surface area contributed by atoms with Gasteiger partial charge in [-0.3, -0.25) is 0 Å². The van der Waals surface area contributed by atoms with Gasteiger partial charge >= 0.3 is 0 Å². The zero-order chi connectivity index (χ0) is 22.6. The summed E-state index contributed by atoms with van der Waals surface area (Å²) >= 11 is 0. The topological polar surface area (TPSA) is 77.2 Å². The molecule has 0 spiro atoms. The van der Waals surface area contributed by atoms with E-state index in [2.05, 4.69) is 62.5 Å². The second-order valence-electron chi connectivity index (χ2n) is 7.83. The monoisotopic (exact) mass is 438 g/mol. The molecule has 1 N–H and O–H groups in total. The quantitative estimate of drug-likeness (QED) is 0.246. The Kier molecular flexibility index (Phi) is 5.85. The van der Waals surface area contributed by atoms with Gasteiger partial charge in [0.05, 0.1) is 18.3 Å². The number of para-hydroxylation sites is 1. The number of unbranched alkanes of at least 4 members (excludes halogenated alkanes) is 1. The average Bonchev–Trinajstić information content (AvgIpc) is 3.17. The Morgan fingerprint density at radius 2 is 1.79 bits per heavy atom. The molecule has 0 atom stereocenters. The Bertz CT molecular complexity index is 1460. The summed E-state index contributed by atoms with van der Waals surface area (Å²) in [5, 5.41) is 16.4. The molecule has 0 amide bonds. The van der Waals surface area contributed by atoms with E-state index in [1.807, 2.05) is 37.3 Å². The van der Waals surface area contributed by atoms with Crippen molar-refractivity contribution in [2.45, 2.75) is 33.2 Å². The van der Waals surface area contributed by atoms with E-state index in [1.54, 1.807) is 6.21 Å². The minimum Gasteiger partial charge on any atom is -0.493 e. The van der Waals surface area contributed by atoms with Crippen LogP contribution in [0.5, 0.6) is 5.75 Å². The fourth-order valence-electron chi connectivity index (χ4n) is 4.14. The van der Waals surface area contributed by atoms with Crippen molar-refractivity contribution in [3.05, 3.63) is 66.2 Å². The van der Waals surface area contributed by atoms with Crippen LogP contribution >= 0.6 is 0 Å². The summed E-state index contributed by atoms with van der Waals surface area (Å²) in [6, 6.07) is 20.4. The number of hydrazone groups is 1. The third-order valence-electron chi connectivity index (χ3n) is 5.70. The molecule has 0 radical (unpaired) electrons. The highest BCUT2D eigenvalue weighted by Gasteiger charge is 2.14. The van der Waals surface area contributed by atoms with Gasteiger partial charge in [-0.2, -0.15) is 10.1 Å². The van der Waals surface area contributed by atoms with Gasteiger partial charge in [0.25, 0.3) is 5.95 Å². The summed E-state index contributed by atoms with van der Waals surface area (Å²) in [6.07, 6.45) is 3.93. The first-order chi connectivity index (χ1) is 16.3. The second-order valence-corrected chi connectivity index (χ2v) is 7.83. The molecule has 2 heterocycles. The molecule has 166 valence electrons. The van der Waals surface area contributed by atoms with Crippen LogP contribution in [0.1, 0.15) is 32.3 Å². The molecule has 7 nitrogen and oxygen atoms in total. The number of benzene rings is 3. The standard InChI is InChI=1S/C26H26N6O/c1-3-5-16-32-22-13-9-8-12-20(22)24-25(32)28-26(31-29-24)30-27-17-21-19-11-7-6-10-18(19)14-15-23(21)33-4-2/h6-15,17H,3-5,16H2,1-2H3,(H,28,30,31)/b27-17+. The fourth-order valence-corrected chi connectivity index (χ4v) is 4.14. The smallest absolute Gasteiger partial charge is 0.265 e. The number of nitrogens with zero attached hydrogens (tertiary/aromatic N) is 5. The largest absolute Gasteiger partial charge is 0.493 e. The molecule has 33 heavy (non-hydrogen) atoms. The SMILES string of the molecule is CCCCn1c2ccccc2c2nnc(N/N=C/c3c(OCC)ccc4ccccc34)nc21. The molecule has 2 aromatic heterocycles. The summed E-state index contributed by atoms with van der Waals surface area (Å²) in [5.74, 6) is 1.15. The normalized spacial score (nSPS) is 11.7. The number of rotatable bonds is 8. The minimum atomic E-state index is 0.359. The van der Waals surface area contributed by atoms with Gasteiger partial charge in [0, 0.05) is 17.5 Å². The van der Waals surface area contributed by atoms with Gasteiger partial charge in [0.2, 0.25) is 0 Å². The highest BCUT2D eigenvalue weighted by atomic mass is 16.5. The predicted octanol–water partition coefficient (Wildman–Crippen LogP) is 5.78. The van der Waals surface area contributed by atoms with E-state index < -0.39 is 0 Å². The zero-order valence-electron chi connectivity index (χ0n) is 18.8. The Morgan fingerprint density at radius 3 is 2.64 bits per heavy atom. The second kappa shape index (κ2) is 9.24. The van der Waals surface area contributed by atoms with Gasteiger partial charge in [-0.15, -0.1) is 10.2 Å². The van der Waals surface area contributed by atoms with Crippen molar-refractivity contribution in [3.63, 3.8) is 0 Å². The van der Waals surface area contributed by atoms with Crippen molar-refractivity contribution in [2.24, 2.45) is 5.10 Å². The average molecular weight is 439 g/mol. The lowest BCUT2D eigenvalue weighted by Gasteiger charge is -2.10. The van der Waals surface area contributed by atoms with Crippen LogP contribution < -0.4 is 10.2 Å². The van der Waals surface area contributed by atoms with Crippen molar-refractivity contribution >= 4 is 45.0 Å². The third kappa shape index (κ3) is 3.98. The summed E-state index contributed by atoms with van der Waals surface area (Å²) in [4.78, 5) is 4.75. The summed E-state index contributed by atoms with van der Waals surface area (Å²) < 4.78 is 8.04. The summed E-state index contributed by atoms with van der Waals surface area (Å²) in [6.45, 7) is 5.63. The van der Waals surface area contributed by atoms with E-state index in [-0.39, 0.29) is 0 Å². The number of aromatic nitrogens is 4. The van der Waals surface area contributed by atoms with Crippen molar-refractivity contribution in [2.75, 3.05) is 12.0 Å². The molecule has 0 saturated heterocycles. The highest BCUT2D eigenvalue weighted by Crippen LogP contribution is 2.28. The Morgan fingerprint density at radius 1 is 0.970 bits per heavy atom. The van der Waals surface area contributed by atoms with Gasteiger partial charge in [0.15, 0.2) is 5.65 Å². The lowest BCUT2D eigenvalue weighted by molar-refractivity contribution is 0.340. The van der Waals surface area contributed by atoms with Crippen molar-refractivity contribution in [3.8, 4) is 5.75 Å². The molecule has 0 aliphatic heterocycles. The number of fused-ring (bicyclic) bond motifs is 4. The van der Waals surface area contributed by atoms with Crippen LogP contribution in [0, 0.1) is 0 Å². The molecular weight excluding hydrogens is 412 g/mol. The fraction of sp³-hybridized carbons (Fsp3) is 0.231.